The number of aromatic nitrogens is 1. The van der Waals surface area contributed by atoms with Gasteiger partial charge in [-0.2, -0.15) is 0 Å². The van der Waals surface area contributed by atoms with Crippen LogP contribution in [0.25, 0.3) is 0 Å². The molecule has 1 aromatic heterocycles. The van der Waals surface area contributed by atoms with Crippen molar-refractivity contribution in [2.45, 2.75) is 38.8 Å². The highest BCUT2D eigenvalue weighted by atomic mass is 32.1. The minimum Gasteiger partial charge on any atom is -0.393 e. The summed E-state index contributed by atoms with van der Waals surface area (Å²) in [6.45, 7) is 4.97. The van der Waals surface area contributed by atoms with Crippen molar-refractivity contribution >= 4 is 11.3 Å². The predicted octanol–water partition coefficient (Wildman–Crippen LogP) is 1.95. The van der Waals surface area contributed by atoms with Gasteiger partial charge in [0.25, 0.3) is 0 Å². The molecule has 80 valence electrons. The number of nitrogens with one attached hydrogen (secondary N) is 1. The molecule has 1 heterocycles. The van der Waals surface area contributed by atoms with Crippen molar-refractivity contribution in [2.75, 3.05) is 6.54 Å². The van der Waals surface area contributed by atoms with Crippen molar-refractivity contribution in [1.29, 1.82) is 0 Å². The fourth-order valence-corrected chi connectivity index (χ4v) is 1.86. The van der Waals surface area contributed by atoms with E-state index in [0.717, 1.165) is 19.4 Å². The molecule has 0 radical (unpaired) electrons. The van der Waals surface area contributed by atoms with E-state index in [4.69, 9.17) is 0 Å². The molecule has 2 N–H and O–H groups in total. The first-order valence-corrected chi connectivity index (χ1v) is 5.91. The number of nitrogens with zero attached hydrogens (tertiary/aromatic N) is 1. The van der Waals surface area contributed by atoms with E-state index in [9.17, 15) is 5.11 Å². The molecule has 3 nitrogen and oxygen atoms in total. The lowest BCUT2D eigenvalue weighted by Gasteiger charge is -2.13. The van der Waals surface area contributed by atoms with E-state index in [1.807, 2.05) is 18.6 Å². The second-order valence-electron chi connectivity index (χ2n) is 3.43. The van der Waals surface area contributed by atoms with Crippen LogP contribution in [0.3, 0.4) is 0 Å². The molecule has 1 rings (SSSR count). The Kier molecular flexibility index (Phi) is 5.07. The smallest absolute Gasteiger partial charge is 0.0794 e. The molecule has 1 aromatic rings. The van der Waals surface area contributed by atoms with Gasteiger partial charge in [-0.3, -0.25) is 4.98 Å². The zero-order valence-electron chi connectivity index (χ0n) is 8.73. The Bertz CT molecular complexity index is 238. The first kappa shape index (κ1) is 11.6. The predicted molar refractivity (Wildman–Crippen MR) is 59.4 cm³/mol. The van der Waals surface area contributed by atoms with E-state index in [1.165, 1.54) is 4.88 Å². The molecule has 0 aliphatic heterocycles. The van der Waals surface area contributed by atoms with Crippen LogP contribution in [0.15, 0.2) is 11.7 Å². The maximum absolute atomic E-state index is 9.35. The van der Waals surface area contributed by atoms with E-state index < -0.39 is 0 Å². The lowest BCUT2D eigenvalue weighted by atomic mass is 10.2. The molecule has 14 heavy (non-hydrogen) atoms. The van der Waals surface area contributed by atoms with Crippen LogP contribution in [0.4, 0.5) is 0 Å². The maximum atomic E-state index is 9.35. The fourth-order valence-electron chi connectivity index (χ4n) is 1.21. The normalized spacial score (nSPS) is 15.4. The highest BCUT2D eigenvalue weighted by molar-refractivity contribution is 7.09. The van der Waals surface area contributed by atoms with Gasteiger partial charge in [-0.05, 0) is 26.3 Å². The molecule has 0 fully saturated rings. The van der Waals surface area contributed by atoms with Crippen molar-refractivity contribution in [3.63, 3.8) is 0 Å². The number of thiazole rings is 1. The zero-order valence-corrected chi connectivity index (χ0v) is 9.55. The van der Waals surface area contributed by atoms with Crippen LogP contribution in [0.2, 0.25) is 0 Å². The van der Waals surface area contributed by atoms with Crippen LogP contribution in [-0.2, 0) is 0 Å². The zero-order chi connectivity index (χ0) is 10.4. The molecule has 0 saturated heterocycles. The van der Waals surface area contributed by atoms with Crippen LogP contribution >= 0.6 is 11.3 Å². The first-order chi connectivity index (χ1) is 6.74. The number of hydrogen-bond acceptors (Lipinski definition) is 4. The fraction of sp³-hybridized carbons (Fsp3) is 0.700. The van der Waals surface area contributed by atoms with Gasteiger partial charge in [-0.1, -0.05) is 6.92 Å². The van der Waals surface area contributed by atoms with Gasteiger partial charge in [-0.25, -0.2) is 0 Å². The van der Waals surface area contributed by atoms with Crippen molar-refractivity contribution in [3.05, 3.63) is 16.6 Å². The Hall–Kier alpha value is -0.450. The summed E-state index contributed by atoms with van der Waals surface area (Å²) < 4.78 is 0. The minimum atomic E-state index is -0.170. The summed E-state index contributed by atoms with van der Waals surface area (Å²) in [5.41, 5.74) is 1.84. The van der Waals surface area contributed by atoms with E-state index in [-0.39, 0.29) is 6.10 Å². The SMILES string of the molecule is CCC(O)CCNC(C)c1cncs1. The molecular formula is C10H18N2OS. The minimum absolute atomic E-state index is 0.170. The molecule has 0 aromatic carbocycles. The second kappa shape index (κ2) is 6.11. The van der Waals surface area contributed by atoms with Gasteiger partial charge in [0.05, 0.1) is 11.6 Å². The summed E-state index contributed by atoms with van der Waals surface area (Å²) in [6.07, 6.45) is 3.37. The molecule has 0 bridgehead atoms. The molecule has 2 unspecified atom stereocenters. The number of rotatable bonds is 6. The molecule has 0 aliphatic rings. The van der Waals surface area contributed by atoms with E-state index in [1.54, 1.807) is 11.3 Å². The molecular weight excluding hydrogens is 196 g/mol. The van der Waals surface area contributed by atoms with E-state index >= 15 is 0 Å². The Balaban J connectivity index is 2.19. The third-order valence-corrected chi connectivity index (χ3v) is 3.24. The third kappa shape index (κ3) is 3.74. The molecule has 2 atom stereocenters. The molecule has 0 saturated carbocycles. The van der Waals surface area contributed by atoms with Gasteiger partial charge in [0.2, 0.25) is 0 Å². The quantitative estimate of drug-likeness (QED) is 0.761. The summed E-state index contributed by atoms with van der Waals surface area (Å²) in [7, 11) is 0. The van der Waals surface area contributed by atoms with Gasteiger partial charge < -0.3 is 10.4 Å². The van der Waals surface area contributed by atoms with E-state index in [2.05, 4.69) is 17.2 Å². The average molecular weight is 214 g/mol. The lowest BCUT2D eigenvalue weighted by Crippen LogP contribution is -2.22. The summed E-state index contributed by atoms with van der Waals surface area (Å²) in [5, 5.41) is 12.7. The number of aliphatic hydroxyl groups excluding tert-OH is 1. The highest BCUT2D eigenvalue weighted by Gasteiger charge is 2.06. The maximum Gasteiger partial charge on any atom is 0.0794 e. The number of hydrogen-bond donors (Lipinski definition) is 2. The van der Waals surface area contributed by atoms with Gasteiger partial charge in [0.15, 0.2) is 0 Å². The van der Waals surface area contributed by atoms with Crippen molar-refractivity contribution in [2.24, 2.45) is 0 Å². The highest BCUT2D eigenvalue weighted by Crippen LogP contribution is 2.15. The van der Waals surface area contributed by atoms with Gasteiger partial charge in [0, 0.05) is 17.1 Å². The Labute approximate surface area is 89.2 Å². The van der Waals surface area contributed by atoms with Gasteiger partial charge >= 0.3 is 0 Å². The summed E-state index contributed by atoms with van der Waals surface area (Å²) in [6, 6.07) is 0.339. The van der Waals surface area contributed by atoms with Crippen LogP contribution in [0, 0.1) is 0 Å². The second-order valence-corrected chi connectivity index (χ2v) is 4.35. The van der Waals surface area contributed by atoms with Crippen LogP contribution in [-0.4, -0.2) is 22.7 Å². The molecule has 0 aliphatic carbocycles. The lowest BCUT2D eigenvalue weighted by molar-refractivity contribution is 0.159. The van der Waals surface area contributed by atoms with Crippen molar-refractivity contribution in [1.82, 2.24) is 10.3 Å². The summed E-state index contributed by atoms with van der Waals surface area (Å²) in [4.78, 5) is 5.28. The standard InChI is InChI=1S/C10H18N2OS/c1-3-9(13)4-5-12-8(2)10-6-11-7-14-10/h6-9,12-13H,3-5H2,1-2H3. The largest absolute Gasteiger partial charge is 0.393 e. The summed E-state index contributed by atoms with van der Waals surface area (Å²) >= 11 is 1.66. The van der Waals surface area contributed by atoms with Crippen molar-refractivity contribution < 1.29 is 5.11 Å². The van der Waals surface area contributed by atoms with Crippen LogP contribution < -0.4 is 5.32 Å². The molecule has 0 spiro atoms. The average Bonchev–Trinajstić information content (AvgIpc) is 2.70. The van der Waals surface area contributed by atoms with Crippen LogP contribution in [0.5, 0.6) is 0 Å². The molecule has 4 heteroatoms. The number of aliphatic hydroxyl groups is 1. The van der Waals surface area contributed by atoms with Crippen molar-refractivity contribution in [3.8, 4) is 0 Å². The monoisotopic (exact) mass is 214 g/mol. The Morgan fingerprint density at radius 1 is 1.64 bits per heavy atom. The van der Waals surface area contributed by atoms with E-state index in [0.29, 0.717) is 6.04 Å². The van der Waals surface area contributed by atoms with Gasteiger partial charge in [0.1, 0.15) is 0 Å². The topological polar surface area (TPSA) is 45.1 Å². The first-order valence-electron chi connectivity index (χ1n) is 5.03. The molecule has 0 amide bonds. The van der Waals surface area contributed by atoms with Gasteiger partial charge in [-0.15, -0.1) is 11.3 Å². The Morgan fingerprint density at radius 3 is 3.00 bits per heavy atom. The Morgan fingerprint density at radius 2 is 2.43 bits per heavy atom. The van der Waals surface area contributed by atoms with Crippen LogP contribution in [0.1, 0.15) is 37.6 Å². The third-order valence-electron chi connectivity index (χ3n) is 2.28. The summed E-state index contributed by atoms with van der Waals surface area (Å²) in [5.74, 6) is 0.